The van der Waals surface area contributed by atoms with Crippen LogP contribution in [0.2, 0.25) is 0 Å². The smallest absolute Gasteiger partial charge is 0.265 e. The summed E-state index contributed by atoms with van der Waals surface area (Å²) in [7, 11) is 0. The van der Waals surface area contributed by atoms with Gasteiger partial charge in [-0.3, -0.25) is 14.9 Å². The molecule has 0 atom stereocenters. The van der Waals surface area contributed by atoms with Crippen LogP contribution in [-0.2, 0) is 4.79 Å². The van der Waals surface area contributed by atoms with Crippen LogP contribution in [0.5, 0.6) is 0 Å². The maximum absolute atomic E-state index is 11.7. The third kappa shape index (κ3) is 0.636. The van der Waals surface area contributed by atoms with E-state index in [2.05, 4.69) is 15.4 Å². The average molecular weight is 178 g/mol. The summed E-state index contributed by atoms with van der Waals surface area (Å²) >= 11 is 0. The van der Waals surface area contributed by atoms with Crippen LogP contribution < -0.4 is 5.32 Å². The van der Waals surface area contributed by atoms with Crippen molar-refractivity contribution in [3.05, 3.63) is 6.33 Å². The summed E-state index contributed by atoms with van der Waals surface area (Å²) in [5.74, 6) is -0.255. The van der Waals surface area contributed by atoms with Gasteiger partial charge in [-0.25, -0.2) is 0 Å². The zero-order valence-corrected chi connectivity index (χ0v) is 6.65. The minimum Gasteiger partial charge on any atom is -0.293 e. The van der Waals surface area contributed by atoms with Crippen molar-refractivity contribution >= 4 is 17.8 Å². The third-order valence-electron chi connectivity index (χ3n) is 2.56. The zero-order chi connectivity index (χ0) is 9.05. The monoisotopic (exact) mass is 178 g/mol. The molecule has 2 heterocycles. The molecule has 6 heteroatoms. The van der Waals surface area contributed by atoms with Gasteiger partial charge in [0, 0.05) is 0 Å². The van der Waals surface area contributed by atoms with E-state index in [0.717, 1.165) is 4.68 Å². The second-order valence-electron chi connectivity index (χ2n) is 3.34. The summed E-state index contributed by atoms with van der Waals surface area (Å²) in [6, 6.07) is 0. The number of carbonyl (C=O) groups is 2. The van der Waals surface area contributed by atoms with Crippen molar-refractivity contribution in [2.75, 3.05) is 5.32 Å². The molecule has 1 fully saturated rings. The number of fused-ring (bicyclic) bond motifs is 1. The van der Waals surface area contributed by atoms with Crippen LogP contribution >= 0.6 is 0 Å². The average Bonchev–Trinajstić information content (AvgIpc) is 2.78. The van der Waals surface area contributed by atoms with Crippen molar-refractivity contribution in [2.24, 2.45) is 5.41 Å². The van der Waals surface area contributed by atoms with Crippen molar-refractivity contribution in [1.29, 1.82) is 0 Å². The molecule has 1 aliphatic heterocycles. The summed E-state index contributed by atoms with van der Waals surface area (Å²) in [5.41, 5.74) is -0.819. The number of amides is 1. The van der Waals surface area contributed by atoms with Gasteiger partial charge in [-0.15, -0.1) is 0 Å². The van der Waals surface area contributed by atoms with Crippen molar-refractivity contribution in [2.45, 2.75) is 12.8 Å². The molecule has 0 radical (unpaired) electrons. The molecular weight excluding hydrogens is 172 g/mol. The second-order valence-corrected chi connectivity index (χ2v) is 3.34. The van der Waals surface area contributed by atoms with Gasteiger partial charge in [-0.05, 0) is 12.8 Å². The summed E-state index contributed by atoms with van der Waals surface area (Å²) in [6.45, 7) is 0. The predicted molar refractivity (Wildman–Crippen MR) is 40.9 cm³/mol. The summed E-state index contributed by atoms with van der Waals surface area (Å²) in [5, 5.41) is 6.30. The molecule has 0 unspecified atom stereocenters. The topological polar surface area (TPSA) is 76.9 Å². The highest BCUT2D eigenvalue weighted by Crippen LogP contribution is 2.49. The first-order chi connectivity index (χ1) is 6.24. The van der Waals surface area contributed by atoms with E-state index >= 15 is 0 Å². The highest BCUT2D eigenvalue weighted by atomic mass is 16.2. The number of aromatic nitrogens is 3. The SMILES string of the molecule is O=C1Nc2ncnn2C(=O)C12CC2. The Balaban J connectivity index is 2.20. The van der Waals surface area contributed by atoms with Gasteiger partial charge in [-0.2, -0.15) is 14.8 Å². The largest absolute Gasteiger partial charge is 0.293 e. The molecule has 1 aromatic heterocycles. The lowest BCUT2D eigenvalue weighted by molar-refractivity contribution is -0.120. The first-order valence-electron chi connectivity index (χ1n) is 4.00. The number of anilines is 1. The Labute approximate surface area is 72.9 Å². The Hall–Kier alpha value is -1.72. The van der Waals surface area contributed by atoms with E-state index in [1.165, 1.54) is 6.33 Å². The van der Waals surface area contributed by atoms with E-state index in [1.54, 1.807) is 0 Å². The molecule has 2 aliphatic rings. The molecule has 6 nitrogen and oxygen atoms in total. The summed E-state index contributed by atoms with van der Waals surface area (Å²) in [4.78, 5) is 26.9. The number of hydrogen-bond acceptors (Lipinski definition) is 4. The van der Waals surface area contributed by atoms with Gasteiger partial charge in [0.05, 0.1) is 0 Å². The fourth-order valence-corrected chi connectivity index (χ4v) is 1.56. The molecule has 1 saturated carbocycles. The first kappa shape index (κ1) is 6.76. The molecule has 13 heavy (non-hydrogen) atoms. The van der Waals surface area contributed by atoms with Gasteiger partial charge in [0.2, 0.25) is 11.9 Å². The molecule has 0 aromatic carbocycles. The van der Waals surface area contributed by atoms with Gasteiger partial charge < -0.3 is 0 Å². The Morgan fingerprint density at radius 3 is 2.92 bits per heavy atom. The van der Waals surface area contributed by atoms with Crippen LogP contribution in [0.3, 0.4) is 0 Å². The van der Waals surface area contributed by atoms with Gasteiger partial charge in [0.1, 0.15) is 11.7 Å². The Morgan fingerprint density at radius 1 is 1.46 bits per heavy atom. The number of nitrogens with one attached hydrogen (secondary N) is 1. The normalized spacial score (nSPS) is 22.8. The van der Waals surface area contributed by atoms with Gasteiger partial charge in [0.25, 0.3) is 5.91 Å². The van der Waals surface area contributed by atoms with Crippen LogP contribution in [0.4, 0.5) is 5.95 Å². The molecule has 1 aromatic rings. The van der Waals surface area contributed by atoms with Gasteiger partial charge >= 0.3 is 0 Å². The number of hydrogen-bond donors (Lipinski definition) is 1. The lowest BCUT2D eigenvalue weighted by Gasteiger charge is -2.19. The van der Waals surface area contributed by atoms with Crippen molar-refractivity contribution in [1.82, 2.24) is 14.8 Å². The maximum atomic E-state index is 11.7. The first-order valence-corrected chi connectivity index (χ1v) is 4.00. The summed E-state index contributed by atoms with van der Waals surface area (Å²) < 4.78 is 1.16. The second kappa shape index (κ2) is 1.78. The molecular formula is C7H6N4O2. The fourth-order valence-electron chi connectivity index (χ4n) is 1.56. The Morgan fingerprint density at radius 2 is 2.23 bits per heavy atom. The van der Waals surface area contributed by atoms with Crippen molar-refractivity contribution in [3.8, 4) is 0 Å². The molecule has 3 rings (SSSR count). The molecule has 1 spiro atoms. The predicted octanol–water partition coefficient (Wildman–Crippen LogP) is -0.349. The molecule has 0 bridgehead atoms. The third-order valence-corrected chi connectivity index (χ3v) is 2.56. The van der Waals surface area contributed by atoms with Crippen LogP contribution in [-0.4, -0.2) is 26.6 Å². The molecule has 66 valence electrons. The van der Waals surface area contributed by atoms with Gasteiger partial charge in [0.15, 0.2) is 0 Å². The van der Waals surface area contributed by atoms with Gasteiger partial charge in [-0.1, -0.05) is 0 Å². The van der Waals surface area contributed by atoms with E-state index in [9.17, 15) is 9.59 Å². The lowest BCUT2D eigenvalue weighted by Crippen LogP contribution is -2.41. The van der Waals surface area contributed by atoms with Crippen molar-refractivity contribution < 1.29 is 9.59 Å². The molecule has 1 amide bonds. The van der Waals surface area contributed by atoms with E-state index < -0.39 is 5.41 Å². The molecule has 1 aliphatic carbocycles. The number of nitrogens with zero attached hydrogens (tertiary/aromatic N) is 3. The highest BCUT2D eigenvalue weighted by Gasteiger charge is 2.60. The van der Waals surface area contributed by atoms with Crippen LogP contribution in [0.1, 0.15) is 17.6 Å². The van der Waals surface area contributed by atoms with E-state index in [4.69, 9.17) is 0 Å². The van der Waals surface area contributed by atoms with Crippen LogP contribution in [0, 0.1) is 5.41 Å². The lowest BCUT2D eigenvalue weighted by atomic mass is 10.0. The zero-order valence-electron chi connectivity index (χ0n) is 6.65. The fraction of sp³-hybridized carbons (Fsp3) is 0.429. The van der Waals surface area contributed by atoms with E-state index in [1.807, 2.05) is 0 Å². The van der Waals surface area contributed by atoms with E-state index in [-0.39, 0.29) is 17.8 Å². The molecule has 0 saturated heterocycles. The molecule has 1 N–H and O–H groups in total. The highest BCUT2D eigenvalue weighted by molar-refractivity contribution is 6.16. The minimum absolute atomic E-state index is 0.229. The number of rotatable bonds is 0. The van der Waals surface area contributed by atoms with Crippen LogP contribution in [0.15, 0.2) is 6.33 Å². The standard InChI is InChI=1S/C7H6N4O2/c12-4-7(1-2-7)5(13)11-6(10-4)8-3-9-11/h3H,1-2H2,(H,8,9,10,12). The maximum Gasteiger partial charge on any atom is 0.265 e. The number of carbonyl (C=O) groups excluding carboxylic acids is 2. The van der Waals surface area contributed by atoms with Crippen molar-refractivity contribution in [3.63, 3.8) is 0 Å². The Bertz CT molecular complexity index is 418. The Kier molecular flexibility index (Phi) is 0.927. The quantitative estimate of drug-likeness (QED) is 0.551. The minimum atomic E-state index is -0.819. The van der Waals surface area contributed by atoms with Crippen LogP contribution in [0.25, 0.3) is 0 Å². The summed E-state index contributed by atoms with van der Waals surface area (Å²) in [6.07, 6.45) is 2.50. The van der Waals surface area contributed by atoms with E-state index in [0.29, 0.717) is 12.8 Å².